The van der Waals surface area contributed by atoms with Crippen LogP contribution in [0.2, 0.25) is 0 Å². The summed E-state index contributed by atoms with van der Waals surface area (Å²) in [5, 5.41) is 23.0. The third-order valence-electron chi connectivity index (χ3n) is 4.49. The largest absolute Gasteiger partial charge is 0.480 e. The monoisotopic (exact) mass is 394 g/mol. The van der Waals surface area contributed by atoms with E-state index in [0.717, 1.165) is 0 Å². The molecule has 1 heterocycles. The molecule has 152 valence electrons. The number of nitro benzene ring substituents is 1. The maximum Gasteiger partial charge on any atom is 0.326 e. The molecule has 0 radical (unpaired) electrons. The predicted octanol–water partition coefficient (Wildman–Crippen LogP) is 1.24. The van der Waals surface area contributed by atoms with Gasteiger partial charge in [0.1, 0.15) is 6.04 Å². The van der Waals surface area contributed by atoms with E-state index in [1.165, 1.54) is 24.3 Å². The minimum atomic E-state index is -1.40. The zero-order chi connectivity index (χ0) is 20.7. The van der Waals surface area contributed by atoms with Crippen LogP contribution in [-0.2, 0) is 23.9 Å². The lowest BCUT2D eigenvalue weighted by molar-refractivity contribution is -0.384. The fraction of sp³-hybridized carbons (Fsp3) is 0.500. The number of nitro groups is 1. The van der Waals surface area contributed by atoms with Crippen molar-refractivity contribution in [3.8, 4) is 0 Å². The zero-order valence-electron chi connectivity index (χ0n) is 15.3. The van der Waals surface area contributed by atoms with Gasteiger partial charge in [-0.25, -0.2) is 4.79 Å². The lowest BCUT2D eigenvalue weighted by atomic mass is 9.87. The van der Waals surface area contributed by atoms with Crippen LogP contribution >= 0.6 is 0 Å². The Hall–Kier alpha value is -3.01. The van der Waals surface area contributed by atoms with Gasteiger partial charge in [-0.1, -0.05) is 12.1 Å². The lowest BCUT2D eigenvalue weighted by Crippen LogP contribution is -2.47. The summed E-state index contributed by atoms with van der Waals surface area (Å²) in [6, 6.07) is 3.79. The van der Waals surface area contributed by atoms with Gasteiger partial charge in [0.2, 0.25) is 5.91 Å². The van der Waals surface area contributed by atoms with Gasteiger partial charge >= 0.3 is 11.9 Å². The van der Waals surface area contributed by atoms with Crippen molar-refractivity contribution in [2.24, 2.45) is 5.92 Å². The molecule has 0 spiro atoms. The van der Waals surface area contributed by atoms with Gasteiger partial charge in [0.25, 0.3) is 5.69 Å². The van der Waals surface area contributed by atoms with Crippen LogP contribution in [0.3, 0.4) is 0 Å². The molecule has 0 saturated carbocycles. The van der Waals surface area contributed by atoms with E-state index < -0.39 is 40.6 Å². The van der Waals surface area contributed by atoms with Crippen LogP contribution in [0.25, 0.3) is 0 Å². The van der Waals surface area contributed by atoms with Gasteiger partial charge in [-0.15, -0.1) is 0 Å². The molecule has 1 saturated heterocycles. The lowest BCUT2D eigenvalue weighted by Gasteiger charge is -2.25. The average Bonchev–Trinajstić information content (AvgIpc) is 3.19. The fourth-order valence-corrected chi connectivity index (χ4v) is 3.02. The second kappa shape index (κ2) is 9.79. The molecule has 10 heteroatoms. The van der Waals surface area contributed by atoms with E-state index in [4.69, 9.17) is 9.47 Å². The first kappa shape index (κ1) is 21.3. The van der Waals surface area contributed by atoms with Gasteiger partial charge in [0.05, 0.1) is 30.5 Å². The molecule has 28 heavy (non-hydrogen) atoms. The number of carboxylic acids is 1. The van der Waals surface area contributed by atoms with E-state index in [0.29, 0.717) is 18.6 Å². The molecule has 1 aliphatic heterocycles. The highest BCUT2D eigenvalue weighted by molar-refractivity contribution is 5.86. The van der Waals surface area contributed by atoms with E-state index in [1.54, 1.807) is 6.92 Å². The summed E-state index contributed by atoms with van der Waals surface area (Å²) in [6.45, 7) is 2.37. The Bertz CT molecular complexity index is 728. The summed E-state index contributed by atoms with van der Waals surface area (Å²) in [5.74, 6) is -3.83. The number of nitrogens with one attached hydrogen (secondary N) is 1. The Kier molecular flexibility index (Phi) is 7.44. The van der Waals surface area contributed by atoms with Crippen molar-refractivity contribution in [1.29, 1.82) is 0 Å². The molecule has 3 atom stereocenters. The quantitative estimate of drug-likeness (QED) is 0.361. The molecule has 2 rings (SSSR count). The molecule has 10 nitrogen and oxygen atoms in total. The van der Waals surface area contributed by atoms with Crippen molar-refractivity contribution in [3.63, 3.8) is 0 Å². The predicted molar refractivity (Wildman–Crippen MR) is 95.6 cm³/mol. The molecule has 0 bridgehead atoms. The number of ether oxygens (including phenoxy) is 2. The fourth-order valence-electron chi connectivity index (χ4n) is 3.02. The number of non-ortho nitro benzene ring substituents is 1. The molecule has 2 N–H and O–H groups in total. The Balaban J connectivity index is 2.29. The standard InChI is InChI=1S/C18H22N2O8/c1-2-28-15(21)9-14(11-3-5-13(6-4-11)20(25)26)16(18(23)24)19-17(22)12-7-8-27-10-12/h3-6,12,14,16H,2,7-10H2,1H3,(H,19,22)(H,23,24)/t12-,14+,16-/m0/s1. The van der Waals surface area contributed by atoms with Crippen molar-refractivity contribution in [1.82, 2.24) is 5.32 Å². The number of carbonyl (C=O) groups is 3. The molecule has 1 aromatic rings. The third-order valence-corrected chi connectivity index (χ3v) is 4.49. The van der Waals surface area contributed by atoms with E-state index in [9.17, 15) is 29.6 Å². The number of hydrogen-bond donors (Lipinski definition) is 2. The number of esters is 1. The topological polar surface area (TPSA) is 145 Å². The first-order valence-electron chi connectivity index (χ1n) is 8.84. The van der Waals surface area contributed by atoms with Crippen LogP contribution in [0.15, 0.2) is 24.3 Å². The van der Waals surface area contributed by atoms with E-state index in [1.807, 2.05) is 0 Å². The van der Waals surface area contributed by atoms with Crippen molar-refractivity contribution in [2.45, 2.75) is 31.7 Å². The Labute approximate surface area is 161 Å². The molecule has 0 aromatic heterocycles. The molecule has 1 aliphatic rings. The highest BCUT2D eigenvalue weighted by atomic mass is 16.6. The second-order valence-electron chi connectivity index (χ2n) is 6.35. The third kappa shape index (κ3) is 5.49. The smallest absolute Gasteiger partial charge is 0.326 e. The average molecular weight is 394 g/mol. The van der Waals surface area contributed by atoms with Gasteiger partial charge in [0.15, 0.2) is 0 Å². The van der Waals surface area contributed by atoms with Crippen molar-refractivity contribution in [3.05, 3.63) is 39.9 Å². The molecule has 1 amide bonds. The van der Waals surface area contributed by atoms with E-state index >= 15 is 0 Å². The second-order valence-corrected chi connectivity index (χ2v) is 6.35. The van der Waals surface area contributed by atoms with Crippen LogP contribution < -0.4 is 5.32 Å². The number of benzene rings is 1. The van der Waals surface area contributed by atoms with E-state index in [-0.39, 0.29) is 25.3 Å². The van der Waals surface area contributed by atoms with Gasteiger partial charge in [-0.2, -0.15) is 0 Å². The highest BCUT2D eigenvalue weighted by Crippen LogP contribution is 2.27. The number of rotatable bonds is 9. The summed E-state index contributed by atoms with van der Waals surface area (Å²) in [6.07, 6.45) is 0.183. The summed E-state index contributed by atoms with van der Waals surface area (Å²) in [5.41, 5.74) is 0.201. The summed E-state index contributed by atoms with van der Waals surface area (Å²) in [4.78, 5) is 46.5. The minimum absolute atomic E-state index is 0.120. The molecule has 0 aliphatic carbocycles. The van der Waals surface area contributed by atoms with Crippen LogP contribution in [-0.4, -0.2) is 53.7 Å². The van der Waals surface area contributed by atoms with Gasteiger partial charge in [-0.05, 0) is 18.9 Å². The van der Waals surface area contributed by atoms with Crippen LogP contribution in [0.1, 0.15) is 31.2 Å². The van der Waals surface area contributed by atoms with E-state index in [2.05, 4.69) is 5.32 Å². The maximum atomic E-state index is 12.4. The summed E-state index contributed by atoms with van der Waals surface area (Å²) in [7, 11) is 0. The maximum absolute atomic E-state index is 12.4. The summed E-state index contributed by atoms with van der Waals surface area (Å²) >= 11 is 0. The number of aliphatic carboxylic acids is 1. The Morgan fingerprint density at radius 1 is 1.36 bits per heavy atom. The molecular weight excluding hydrogens is 372 g/mol. The normalized spacial score (nSPS) is 18.1. The molecule has 1 aromatic carbocycles. The zero-order valence-corrected chi connectivity index (χ0v) is 15.3. The van der Waals surface area contributed by atoms with Crippen LogP contribution in [0.4, 0.5) is 5.69 Å². The number of carbonyl (C=O) groups excluding carboxylic acids is 2. The summed E-state index contributed by atoms with van der Waals surface area (Å²) < 4.78 is 10.1. The van der Waals surface area contributed by atoms with Crippen LogP contribution in [0, 0.1) is 16.0 Å². The van der Waals surface area contributed by atoms with Crippen molar-refractivity contribution >= 4 is 23.5 Å². The number of hydrogen-bond acceptors (Lipinski definition) is 7. The first-order chi connectivity index (χ1) is 13.3. The van der Waals surface area contributed by atoms with Gasteiger partial charge in [0, 0.05) is 24.7 Å². The van der Waals surface area contributed by atoms with Gasteiger partial charge < -0.3 is 19.9 Å². The number of carboxylic acid groups (broad SMARTS) is 1. The molecule has 0 unspecified atom stereocenters. The molecular formula is C18H22N2O8. The highest BCUT2D eigenvalue weighted by Gasteiger charge is 2.35. The molecule has 1 fully saturated rings. The van der Waals surface area contributed by atoms with Gasteiger partial charge in [-0.3, -0.25) is 19.7 Å². The SMILES string of the molecule is CCOC(=O)C[C@H](c1ccc([N+](=O)[O-])cc1)[C@H](NC(=O)[C@H]1CCOC1)C(=O)O. The Morgan fingerprint density at radius 2 is 2.04 bits per heavy atom. The first-order valence-corrected chi connectivity index (χ1v) is 8.84. The van der Waals surface area contributed by atoms with Crippen molar-refractivity contribution in [2.75, 3.05) is 19.8 Å². The van der Waals surface area contributed by atoms with Crippen LogP contribution in [0.5, 0.6) is 0 Å². The number of nitrogens with zero attached hydrogens (tertiary/aromatic N) is 1. The minimum Gasteiger partial charge on any atom is -0.480 e. The van der Waals surface area contributed by atoms with Crippen molar-refractivity contribution < 1.29 is 33.9 Å². The Morgan fingerprint density at radius 3 is 2.54 bits per heavy atom. The number of amides is 1.